The molecule has 0 fully saturated rings. The van der Waals surface area contributed by atoms with Gasteiger partial charge in [-0.2, -0.15) is 0 Å². The number of anilines is 2. The van der Waals surface area contributed by atoms with E-state index >= 15 is 0 Å². The number of nitrogens with one attached hydrogen (secondary N) is 3. The molecule has 3 amide bonds. The van der Waals surface area contributed by atoms with Crippen LogP contribution in [0.15, 0.2) is 60.9 Å². The van der Waals surface area contributed by atoms with Gasteiger partial charge in [0.2, 0.25) is 0 Å². The van der Waals surface area contributed by atoms with Crippen molar-refractivity contribution in [2.45, 2.75) is 20.4 Å². The molecule has 0 saturated heterocycles. The second kappa shape index (κ2) is 8.54. The number of ether oxygens (including phenoxy) is 1. The van der Waals surface area contributed by atoms with Crippen molar-refractivity contribution < 1.29 is 14.3 Å². The Hall–Kier alpha value is -3.28. The van der Waals surface area contributed by atoms with E-state index in [9.17, 15) is 9.59 Å². The Labute approximate surface area is 146 Å². The Kier molecular flexibility index (Phi) is 6.17. The summed E-state index contributed by atoms with van der Waals surface area (Å²) in [7, 11) is 0. The highest BCUT2D eigenvalue weighted by Crippen LogP contribution is 2.14. The number of amides is 3. The molecule has 0 aliphatic rings. The third-order valence-corrected chi connectivity index (χ3v) is 3.31. The molecule has 0 aromatic heterocycles. The topological polar surface area (TPSA) is 79.5 Å². The van der Waals surface area contributed by atoms with E-state index in [1.165, 1.54) is 0 Å². The maximum atomic E-state index is 12.0. The van der Waals surface area contributed by atoms with Crippen molar-refractivity contribution in [3.05, 3.63) is 72.0 Å². The lowest BCUT2D eigenvalue weighted by atomic mass is 10.2. The highest BCUT2D eigenvalue weighted by Gasteiger charge is 2.05. The summed E-state index contributed by atoms with van der Waals surface area (Å²) in [5.74, 6) is 0.330. The molecular weight excluding hydrogens is 318 g/mol. The first-order valence-electron chi connectivity index (χ1n) is 7.78. The second-order valence-electron chi connectivity index (χ2n) is 5.54. The fraction of sp³-hybridized carbons (Fsp3) is 0.158. The molecule has 0 unspecified atom stereocenters. The summed E-state index contributed by atoms with van der Waals surface area (Å²) in [4.78, 5) is 23.4. The molecule has 0 heterocycles. The number of carbonyl (C=O) groups excluding carboxylic acids is 2. The van der Waals surface area contributed by atoms with E-state index in [0.717, 1.165) is 16.8 Å². The maximum Gasteiger partial charge on any atom is 0.412 e. The number of allylic oxidation sites excluding steroid dienone is 1. The summed E-state index contributed by atoms with van der Waals surface area (Å²) in [6.07, 6.45) is -0.549. The van der Waals surface area contributed by atoms with Gasteiger partial charge in [-0.3, -0.25) is 0 Å². The number of benzene rings is 2. The van der Waals surface area contributed by atoms with E-state index in [1.54, 1.807) is 19.1 Å². The fourth-order valence-corrected chi connectivity index (χ4v) is 2.07. The average Bonchev–Trinajstić information content (AvgIpc) is 2.56. The Morgan fingerprint density at radius 2 is 1.72 bits per heavy atom. The number of aryl methyl sites for hydroxylation is 1. The highest BCUT2D eigenvalue weighted by molar-refractivity contribution is 6.00. The van der Waals surface area contributed by atoms with Gasteiger partial charge < -0.3 is 20.7 Å². The Balaban J connectivity index is 1.85. The molecule has 0 aliphatic heterocycles. The lowest BCUT2D eigenvalue weighted by Gasteiger charge is -2.10. The fourth-order valence-electron chi connectivity index (χ4n) is 2.07. The lowest BCUT2D eigenvalue weighted by Crippen LogP contribution is -2.23. The van der Waals surface area contributed by atoms with Crippen LogP contribution in [-0.2, 0) is 11.3 Å². The van der Waals surface area contributed by atoms with Gasteiger partial charge in [-0.25, -0.2) is 9.59 Å². The predicted octanol–water partition coefficient (Wildman–Crippen LogP) is 4.40. The van der Waals surface area contributed by atoms with Crippen molar-refractivity contribution in [1.29, 1.82) is 0 Å². The van der Waals surface area contributed by atoms with Gasteiger partial charge in [0.1, 0.15) is 0 Å². The number of para-hydroxylation sites is 1. The van der Waals surface area contributed by atoms with Crippen molar-refractivity contribution in [3.8, 4) is 0 Å². The number of hydrogen-bond acceptors (Lipinski definition) is 3. The van der Waals surface area contributed by atoms with Crippen LogP contribution < -0.4 is 16.0 Å². The van der Waals surface area contributed by atoms with Crippen LogP contribution in [0.5, 0.6) is 0 Å². The summed E-state index contributed by atoms with van der Waals surface area (Å²) in [6.45, 7) is 7.34. The molecule has 2 aromatic carbocycles. The van der Waals surface area contributed by atoms with Gasteiger partial charge in [0.05, 0.1) is 5.76 Å². The molecule has 2 aromatic rings. The van der Waals surface area contributed by atoms with E-state index in [1.807, 2.05) is 43.3 Å². The minimum atomic E-state index is -0.549. The van der Waals surface area contributed by atoms with E-state index in [2.05, 4.69) is 22.5 Å². The summed E-state index contributed by atoms with van der Waals surface area (Å²) < 4.78 is 4.80. The molecule has 3 N–H and O–H groups in total. The average molecular weight is 339 g/mol. The quantitative estimate of drug-likeness (QED) is 0.706. The Morgan fingerprint density at radius 3 is 2.36 bits per heavy atom. The SMILES string of the molecule is C=C(C)OC(=O)NCc1ccc(NC(=O)Nc2ccccc2C)cc1. The molecule has 0 atom stereocenters. The lowest BCUT2D eigenvalue weighted by molar-refractivity contribution is 0.176. The van der Waals surface area contributed by atoms with E-state index in [-0.39, 0.29) is 6.03 Å². The van der Waals surface area contributed by atoms with Gasteiger partial charge in [0.25, 0.3) is 0 Å². The first-order chi connectivity index (χ1) is 11.9. The molecule has 25 heavy (non-hydrogen) atoms. The maximum absolute atomic E-state index is 12.0. The standard InChI is InChI=1S/C19H21N3O3/c1-13(2)25-19(24)20-12-15-8-10-16(11-9-15)21-18(23)22-17-7-5-4-6-14(17)3/h4-11H,1,12H2,2-3H3,(H,20,24)(H2,21,22,23). The summed E-state index contributed by atoms with van der Waals surface area (Å²) in [6, 6.07) is 14.4. The molecule has 6 nitrogen and oxygen atoms in total. The highest BCUT2D eigenvalue weighted by atomic mass is 16.6. The Morgan fingerprint density at radius 1 is 1.04 bits per heavy atom. The summed E-state index contributed by atoms with van der Waals surface area (Å²) in [5.41, 5.74) is 3.28. The van der Waals surface area contributed by atoms with Crippen LogP contribution in [0.1, 0.15) is 18.1 Å². The van der Waals surface area contributed by atoms with Crippen LogP contribution in [-0.4, -0.2) is 12.1 Å². The minimum Gasteiger partial charge on any atom is -0.416 e. The first-order valence-corrected chi connectivity index (χ1v) is 7.78. The smallest absolute Gasteiger partial charge is 0.412 e. The van der Waals surface area contributed by atoms with Crippen molar-refractivity contribution in [2.75, 3.05) is 10.6 Å². The number of hydrogen-bond donors (Lipinski definition) is 3. The third-order valence-electron chi connectivity index (χ3n) is 3.31. The molecule has 0 aliphatic carbocycles. The van der Waals surface area contributed by atoms with Gasteiger partial charge in [-0.15, -0.1) is 0 Å². The molecule has 0 radical (unpaired) electrons. The van der Waals surface area contributed by atoms with Crippen molar-refractivity contribution >= 4 is 23.5 Å². The van der Waals surface area contributed by atoms with Crippen LogP contribution >= 0.6 is 0 Å². The number of urea groups is 1. The van der Waals surface area contributed by atoms with E-state index < -0.39 is 6.09 Å². The van der Waals surface area contributed by atoms with Gasteiger partial charge in [-0.05, 0) is 43.2 Å². The third kappa shape index (κ3) is 6.02. The van der Waals surface area contributed by atoms with E-state index in [4.69, 9.17) is 4.74 Å². The van der Waals surface area contributed by atoms with E-state index in [0.29, 0.717) is 18.0 Å². The van der Waals surface area contributed by atoms with Crippen LogP contribution in [0, 0.1) is 6.92 Å². The van der Waals surface area contributed by atoms with Gasteiger partial charge >= 0.3 is 12.1 Å². The monoisotopic (exact) mass is 339 g/mol. The van der Waals surface area contributed by atoms with Gasteiger partial charge in [0, 0.05) is 17.9 Å². The zero-order chi connectivity index (χ0) is 18.2. The normalized spacial score (nSPS) is 9.84. The van der Waals surface area contributed by atoms with Gasteiger partial charge in [0.15, 0.2) is 0 Å². The zero-order valence-electron chi connectivity index (χ0n) is 14.3. The second-order valence-corrected chi connectivity index (χ2v) is 5.54. The minimum absolute atomic E-state index is 0.315. The summed E-state index contributed by atoms with van der Waals surface area (Å²) >= 11 is 0. The van der Waals surface area contributed by atoms with Crippen molar-refractivity contribution in [1.82, 2.24) is 5.32 Å². The molecule has 0 saturated carbocycles. The van der Waals surface area contributed by atoms with Crippen molar-refractivity contribution in [2.24, 2.45) is 0 Å². The number of carbonyl (C=O) groups is 2. The molecule has 130 valence electrons. The number of rotatable bonds is 5. The molecule has 0 spiro atoms. The van der Waals surface area contributed by atoms with Crippen molar-refractivity contribution in [3.63, 3.8) is 0 Å². The number of alkyl carbamates (subject to hydrolysis) is 1. The zero-order valence-corrected chi connectivity index (χ0v) is 14.3. The predicted molar refractivity (Wildman–Crippen MR) is 98.4 cm³/mol. The van der Waals surface area contributed by atoms with Crippen LogP contribution in [0.3, 0.4) is 0 Å². The Bertz CT molecular complexity index is 770. The van der Waals surface area contributed by atoms with Gasteiger partial charge in [-0.1, -0.05) is 36.9 Å². The first kappa shape index (κ1) is 18.1. The summed E-state index contributed by atoms with van der Waals surface area (Å²) in [5, 5.41) is 8.17. The van der Waals surface area contributed by atoms with Crippen LogP contribution in [0.2, 0.25) is 0 Å². The molecule has 0 bridgehead atoms. The molecule has 6 heteroatoms. The van der Waals surface area contributed by atoms with Crippen LogP contribution in [0.25, 0.3) is 0 Å². The van der Waals surface area contributed by atoms with Crippen LogP contribution in [0.4, 0.5) is 21.0 Å². The molecule has 2 rings (SSSR count). The molecular formula is C19H21N3O3. The largest absolute Gasteiger partial charge is 0.416 e.